The minimum atomic E-state index is 1.07. The predicted molar refractivity (Wildman–Crippen MR) is 52.9 cm³/mol. The Labute approximate surface area is 72.9 Å². The predicted octanol–water partition coefficient (Wildman–Crippen LogP) is 3.51. The van der Waals surface area contributed by atoms with E-state index in [0.717, 1.165) is 5.69 Å². The van der Waals surface area contributed by atoms with E-state index in [1.54, 1.807) is 11.5 Å². The van der Waals surface area contributed by atoms with Gasteiger partial charge in [0, 0.05) is 4.88 Å². The molecule has 0 amide bonds. The quantitative estimate of drug-likeness (QED) is 0.627. The first-order chi connectivity index (χ1) is 5.33. The van der Waals surface area contributed by atoms with Gasteiger partial charge in [-0.1, -0.05) is 19.9 Å². The highest BCUT2D eigenvalue weighted by Gasteiger charge is 1.89. The SMILES string of the molecule is C/C=C/c1cc(C)sn1.CC. The summed E-state index contributed by atoms with van der Waals surface area (Å²) in [4.78, 5) is 1.27. The average Bonchev–Trinajstić information content (AvgIpc) is 2.41. The summed E-state index contributed by atoms with van der Waals surface area (Å²) in [5, 5.41) is 0. The molecular formula is C9H15NS. The van der Waals surface area contributed by atoms with Crippen molar-refractivity contribution in [2.45, 2.75) is 27.7 Å². The molecule has 0 bridgehead atoms. The average molecular weight is 169 g/mol. The lowest BCUT2D eigenvalue weighted by molar-refractivity contribution is 1.50. The van der Waals surface area contributed by atoms with Gasteiger partial charge in [-0.15, -0.1) is 0 Å². The number of hydrogen-bond donors (Lipinski definition) is 0. The third-order valence-corrected chi connectivity index (χ3v) is 1.69. The van der Waals surface area contributed by atoms with Crippen molar-refractivity contribution in [3.05, 3.63) is 22.7 Å². The molecule has 2 heteroatoms. The van der Waals surface area contributed by atoms with Crippen molar-refractivity contribution in [1.82, 2.24) is 4.37 Å². The summed E-state index contributed by atoms with van der Waals surface area (Å²) in [5.74, 6) is 0. The molecule has 1 aromatic rings. The number of allylic oxidation sites excluding steroid dienone is 1. The van der Waals surface area contributed by atoms with E-state index in [-0.39, 0.29) is 0 Å². The standard InChI is InChI=1S/C7H9NS.C2H6/c1-3-4-7-5-6(2)9-8-7;1-2/h3-5H,1-2H3;1-2H3/b4-3+;. The van der Waals surface area contributed by atoms with Crippen molar-refractivity contribution in [2.75, 3.05) is 0 Å². The molecule has 1 nitrogen and oxygen atoms in total. The maximum atomic E-state index is 4.16. The molecule has 1 rings (SSSR count). The lowest BCUT2D eigenvalue weighted by atomic mass is 10.3. The molecule has 0 unspecified atom stereocenters. The van der Waals surface area contributed by atoms with Gasteiger partial charge < -0.3 is 0 Å². The van der Waals surface area contributed by atoms with Crippen LogP contribution in [0, 0.1) is 6.92 Å². The van der Waals surface area contributed by atoms with Crippen molar-refractivity contribution in [3.8, 4) is 0 Å². The molecule has 0 saturated carbocycles. The van der Waals surface area contributed by atoms with Crippen LogP contribution in [0.2, 0.25) is 0 Å². The first kappa shape index (κ1) is 10.4. The van der Waals surface area contributed by atoms with Gasteiger partial charge in [0.1, 0.15) is 0 Å². The van der Waals surface area contributed by atoms with Gasteiger partial charge in [-0.05, 0) is 37.5 Å². The lowest BCUT2D eigenvalue weighted by Gasteiger charge is -1.74. The molecule has 0 aromatic carbocycles. The van der Waals surface area contributed by atoms with Crippen LogP contribution in [0.25, 0.3) is 6.08 Å². The van der Waals surface area contributed by atoms with Gasteiger partial charge in [-0.2, -0.15) is 4.37 Å². The van der Waals surface area contributed by atoms with Gasteiger partial charge in [-0.25, -0.2) is 0 Å². The first-order valence-corrected chi connectivity index (χ1v) is 4.66. The molecule has 0 N–H and O–H groups in total. The zero-order chi connectivity index (χ0) is 8.69. The van der Waals surface area contributed by atoms with Crippen molar-refractivity contribution in [3.63, 3.8) is 0 Å². The second kappa shape index (κ2) is 6.10. The summed E-state index contributed by atoms with van der Waals surface area (Å²) in [7, 11) is 0. The maximum absolute atomic E-state index is 4.16. The van der Waals surface area contributed by atoms with Crippen molar-refractivity contribution in [1.29, 1.82) is 0 Å². The summed E-state index contributed by atoms with van der Waals surface area (Å²) in [6.45, 7) is 8.05. The third-order valence-electron chi connectivity index (χ3n) is 0.984. The van der Waals surface area contributed by atoms with Crippen LogP contribution in [0.15, 0.2) is 12.1 Å². The zero-order valence-electron chi connectivity index (χ0n) is 7.59. The molecule has 0 aliphatic rings. The number of aryl methyl sites for hydroxylation is 1. The van der Waals surface area contributed by atoms with Gasteiger partial charge in [-0.3, -0.25) is 0 Å². The Morgan fingerprint density at radius 3 is 2.45 bits per heavy atom. The Hall–Kier alpha value is -0.630. The van der Waals surface area contributed by atoms with E-state index in [1.165, 1.54) is 4.88 Å². The smallest absolute Gasteiger partial charge is 0.0767 e. The monoisotopic (exact) mass is 169 g/mol. The van der Waals surface area contributed by atoms with Gasteiger partial charge >= 0.3 is 0 Å². The summed E-state index contributed by atoms with van der Waals surface area (Å²) in [5.41, 5.74) is 1.07. The van der Waals surface area contributed by atoms with E-state index in [9.17, 15) is 0 Å². The molecule has 1 aromatic heterocycles. The normalized spacial score (nSPS) is 9.45. The second-order valence-corrected chi connectivity index (χ2v) is 2.87. The molecule has 0 aliphatic carbocycles. The molecule has 0 saturated heterocycles. The van der Waals surface area contributed by atoms with Crippen LogP contribution in [0.3, 0.4) is 0 Å². The fourth-order valence-electron chi connectivity index (χ4n) is 0.635. The van der Waals surface area contributed by atoms with Crippen LogP contribution in [0.5, 0.6) is 0 Å². The van der Waals surface area contributed by atoms with Gasteiger partial charge in [0.25, 0.3) is 0 Å². The van der Waals surface area contributed by atoms with Gasteiger partial charge in [0.15, 0.2) is 0 Å². The molecule has 0 fully saturated rings. The van der Waals surface area contributed by atoms with Crippen LogP contribution in [0.4, 0.5) is 0 Å². The van der Waals surface area contributed by atoms with E-state index < -0.39 is 0 Å². The van der Waals surface area contributed by atoms with E-state index in [1.807, 2.05) is 32.9 Å². The maximum Gasteiger partial charge on any atom is 0.0767 e. The highest BCUT2D eigenvalue weighted by atomic mass is 32.1. The van der Waals surface area contributed by atoms with Crippen LogP contribution in [-0.4, -0.2) is 4.37 Å². The van der Waals surface area contributed by atoms with Crippen LogP contribution in [0.1, 0.15) is 31.3 Å². The first-order valence-electron chi connectivity index (χ1n) is 3.89. The summed E-state index contributed by atoms with van der Waals surface area (Å²) in [6.07, 6.45) is 4.00. The Bertz CT molecular complexity index is 213. The Balaban J connectivity index is 0.000000461. The summed E-state index contributed by atoms with van der Waals surface area (Å²) < 4.78 is 4.16. The number of nitrogens with zero attached hydrogens (tertiary/aromatic N) is 1. The van der Waals surface area contributed by atoms with E-state index in [4.69, 9.17) is 0 Å². The van der Waals surface area contributed by atoms with Gasteiger partial charge in [0.2, 0.25) is 0 Å². The third kappa shape index (κ3) is 3.94. The van der Waals surface area contributed by atoms with Crippen LogP contribution < -0.4 is 0 Å². The number of aromatic nitrogens is 1. The molecule has 0 radical (unpaired) electrons. The summed E-state index contributed by atoms with van der Waals surface area (Å²) in [6, 6.07) is 2.07. The lowest BCUT2D eigenvalue weighted by Crippen LogP contribution is -1.62. The Morgan fingerprint density at radius 1 is 1.45 bits per heavy atom. The molecule has 0 aliphatic heterocycles. The van der Waals surface area contributed by atoms with Crippen LogP contribution >= 0.6 is 11.5 Å². The molecule has 0 atom stereocenters. The van der Waals surface area contributed by atoms with Crippen LogP contribution in [-0.2, 0) is 0 Å². The van der Waals surface area contributed by atoms with Crippen molar-refractivity contribution in [2.24, 2.45) is 0 Å². The second-order valence-electron chi connectivity index (χ2n) is 1.86. The van der Waals surface area contributed by atoms with Crippen molar-refractivity contribution < 1.29 is 0 Å². The van der Waals surface area contributed by atoms with E-state index in [2.05, 4.69) is 17.4 Å². The Morgan fingerprint density at radius 2 is 2.09 bits per heavy atom. The van der Waals surface area contributed by atoms with Gasteiger partial charge in [0.05, 0.1) is 5.69 Å². The molecule has 62 valence electrons. The van der Waals surface area contributed by atoms with Crippen molar-refractivity contribution >= 4 is 17.6 Å². The number of hydrogen-bond acceptors (Lipinski definition) is 2. The molecular weight excluding hydrogens is 154 g/mol. The van der Waals surface area contributed by atoms with E-state index >= 15 is 0 Å². The fourth-order valence-corrected chi connectivity index (χ4v) is 1.17. The zero-order valence-corrected chi connectivity index (χ0v) is 8.40. The van der Waals surface area contributed by atoms with E-state index in [0.29, 0.717) is 0 Å². The molecule has 11 heavy (non-hydrogen) atoms. The minimum absolute atomic E-state index is 1.07. The minimum Gasteiger partial charge on any atom is -0.193 e. The highest BCUT2D eigenvalue weighted by molar-refractivity contribution is 7.05. The largest absolute Gasteiger partial charge is 0.193 e. The highest BCUT2D eigenvalue weighted by Crippen LogP contribution is 2.08. The topological polar surface area (TPSA) is 12.9 Å². The molecule has 1 heterocycles. The fraction of sp³-hybridized carbons (Fsp3) is 0.444. The Kier molecular flexibility index (Phi) is 5.75. The molecule has 0 spiro atoms. The summed E-state index contributed by atoms with van der Waals surface area (Å²) >= 11 is 1.54. The number of rotatable bonds is 1.